The molecule has 142 valence electrons. The molecule has 2 aliphatic rings. The number of pyridine rings is 1. The van der Waals surface area contributed by atoms with Crippen LogP contribution in [0.4, 0.5) is 5.69 Å². The van der Waals surface area contributed by atoms with E-state index in [0.29, 0.717) is 18.9 Å². The highest BCUT2D eigenvalue weighted by Gasteiger charge is 2.37. The average molecular weight is 361 g/mol. The van der Waals surface area contributed by atoms with Crippen LogP contribution in [0, 0.1) is 0 Å². The van der Waals surface area contributed by atoms with Crippen molar-refractivity contribution in [1.82, 2.24) is 9.88 Å². The van der Waals surface area contributed by atoms with Crippen LogP contribution < -0.4 is 10.7 Å². The Balaban J connectivity index is 1.49. The minimum absolute atomic E-state index is 0.147. The van der Waals surface area contributed by atoms with Crippen molar-refractivity contribution in [2.45, 2.75) is 43.7 Å². The quantitative estimate of drug-likeness (QED) is 0.400. The molecule has 0 radical (unpaired) electrons. The fourth-order valence-electron chi connectivity index (χ4n) is 4.05. The van der Waals surface area contributed by atoms with Crippen molar-refractivity contribution in [3.8, 4) is 0 Å². The zero-order valence-electron chi connectivity index (χ0n) is 14.9. The van der Waals surface area contributed by atoms with Gasteiger partial charge in [0.25, 0.3) is 0 Å². The van der Waals surface area contributed by atoms with Crippen molar-refractivity contribution in [2.24, 2.45) is 10.9 Å². The van der Waals surface area contributed by atoms with Crippen molar-refractivity contribution in [2.75, 3.05) is 31.1 Å². The second-order valence-corrected chi connectivity index (χ2v) is 7.27. The molecule has 0 unspecified atom stereocenters. The summed E-state index contributed by atoms with van der Waals surface area (Å²) in [7, 11) is 0. The smallest absolute Gasteiger partial charge is 0.306 e. The number of hydrazone groups is 1. The number of rotatable bonds is 5. The number of carboxylic acids is 1. The minimum Gasteiger partial charge on any atom is -0.481 e. The molecular formula is C18H27N5O3. The van der Waals surface area contributed by atoms with Crippen LogP contribution >= 0.6 is 0 Å². The summed E-state index contributed by atoms with van der Waals surface area (Å²) in [4.78, 5) is 20.0. The number of aliphatic carboxylic acids is 1. The molecule has 0 amide bonds. The molecule has 8 heteroatoms. The van der Waals surface area contributed by atoms with E-state index < -0.39 is 11.6 Å². The van der Waals surface area contributed by atoms with Crippen LogP contribution in [0.2, 0.25) is 0 Å². The lowest BCUT2D eigenvalue weighted by atomic mass is 9.79. The number of piperazine rings is 1. The average Bonchev–Trinajstić information content (AvgIpc) is 2.63. The summed E-state index contributed by atoms with van der Waals surface area (Å²) in [5.41, 5.74) is 0.814. The van der Waals surface area contributed by atoms with E-state index in [1.165, 1.54) is 6.21 Å². The van der Waals surface area contributed by atoms with Crippen LogP contribution in [-0.4, -0.2) is 70.1 Å². The van der Waals surface area contributed by atoms with E-state index in [-0.39, 0.29) is 6.42 Å². The van der Waals surface area contributed by atoms with E-state index in [9.17, 15) is 9.90 Å². The van der Waals surface area contributed by atoms with Gasteiger partial charge in [0.15, 0.2) is 0 Å². The highest BCUT2D eigenvalue weighted by molar-refractivity contribution is 5.77. The van der Waals surface area contributed by atoms with Crippen LogP contribution in [-0.2, 0) is 4.79 Å². The Kier molecular flexibility index (Phi) is 5.73. The van der Waals surface area contributed by atoms with Crippen molar-refractivity contribution < 1.29 is 15.0 Å². The summed E-state index contributed by atoms with van der Waals surface area (Å²) >= 11 is 0. The Morgan fingerprint density at radius 1 is 1.31 bits per heavy atom. The van der Waals surface area contributed by atoms with Gasteiger partial charge in [0.2, 0.25) is 0 Å². The van der Waals surface area contributed by atoms with Crippen LogP contribution in [0.1, 0.15) is 37.8 Å². The van der Waals surface area contributed by atoms with Crippen LogP contribution in [0.5, 0.6) is 0 Å². The lowest BCUT2D eigenvalue weighted by Gasteiger charge is -2.44. The third-order valence-corrected chi connectivity index (χ3v) is 5.54. The number of carboxylic acid groups (broad SMARTS) is 1. The van der Waals surface area contributed by atoms with Gasteiger partial charge in [-0.15, -0.1) is 0 Å². The first kappa shape index (κ1) is 18.6. The van der Waals surface area contributed by atoms with Gasteiger partial charge in [-0.1, -0.05) is 0 Å². The highest BCUT2D eigenvalue weighted by Crippen LogP contribution is 2.34. The van der Waals surface area contributed by atoms with Gasteiger partial charge in [0, 0.05) is 32.2 Å². The van der Waals surface area contributed by atoms with Crippen LogP contribution in [0.25, 0.3) is 0 Å². The Labute approximate surface area is 153 Å². The number of hydrogen-bond acceptors (Lipinski definition) is 7. The first-order chi connectivity index (χ1) is 12.5. The SMILES string of the molecule is N/N=C\c1ccc(N2CCN(C3CCC(O)(CC(=O)O)CC3)CC2)cn1. The van der Waals surface area contributed by atoms with Gasteiger partial charge in [0.05, 0.1) is 35.8 Å². The Morgan fingerprint density at radius 2 is 2.00 bits per heavy atom. The van der Waals surface area contributed by atoms with Gasteiger partial charge < -0.3 is 21.0 Å². The lowest BCUT2D eigenvalue weighted by Crippen LogP contribution is -2.52. The zero-order chi connectivity index (χ0) is 18.6. The van der Waals surface area contributed by atoms with E-state index in [1.54, 1.807) is 0 Å². The molecule has 1 saturated carbocycles. The van der Waals surface area contributed by atoms with Gasteiger partial charge in [-0.3, -0.25) is 14.7 Å². The van der Waals surface area contributed by atoms with Crippen molar-refractivity contribution in [3.05, 3.63) is 24.0 Å². The molecule has 2 heterocycles. The molecule has 0 spiro atoms. The minimum atomic E-state index is -1.02. The Hall–Kier alpha value is -2.19. The molecular weight excluding hydrogens is 334 g/mol. The fourth-order valence-corrected chi connectivity index (χ4v) is 4.05. The molecule has 26 heavy (non-hydrogen) atoms. The predicted octanol–water partition coefficient (Wildman–Crippen LogP) is 0.645. The number of carbonyl (C=O) groups is 1. The molecule has 0 aromatic carbocycles. The van der Waals surface area contributed by atoms with Crippen LogP contribution in [0.15, 0.2) is 23.4 Å². The monoisotopic (exact) mass is 361 g/mol. The summed E-state index contributed by atoms with van der Waals surface area (Å²) in [5.74, 6) is 4.22. The number of anilines is 1. The van der Waals surface area contributed by atoms with E-state index in [0.717, 1.165) is 50.4 Å². The van der Waals surface area contributed by atoms with Gasteiger partial charge in [0.1, 0.15) is 0 Å². The molecule has 0 atom stereocenters. The van der Waals surface area contributed by atoms with E-state index in [4.69, 9.17) is 10.9 Å². The van der Waals surface area contributed by atoms with Gasteiger partial charge in [-0.2, -0.15) is 5.10 Å². The second-order valence-electron chi connectivity index (χ2n) is 7.27. The molecule has 0 bridgehead atoms. The standard InChI is InChI=1S/C18H27N5O3/c19-21-12-14-1-2-16(13-20-14)23-9-7-22(8-10-23)15-3-5-18(26,6-4-15)11-17(24)25/h1-2,12-13,15,26H,3-11,19H2,(H,24,25)/b21-12-. The number of aliphatic hydroxyl groups is 1. The van der Waals surface area contributed by atoms with Gasteiger partial charge >= 0.3 is 5.97 Å². The number of nitrogens with two attached hydrogens (primary N) is 1. The third-order valence-electron chi connectivity index (χ3n) is 5.54. The molecule has 1 aromatic rings. The summed E-state index contributed by atoms with van der Waals surface area (Å²) in [6.07, 6.45) is 6.08. The first-order valence-electron chi connectivity index (χ1n) is 9.12. The van der Waals surface area contributed by atoms with Gasteiger partial charge in [-0.05, 0) is 37.8 Å². The van der Waals surface area contributed by atoms with E-state index in [1.807, 2.05) is 18.3 Å². The lowest BCUT2D eigenvalue weighted by molar-refractivity contribution is -0.144. The summed E-state index contributed by atoms with van der Waals surface area (Å²) in [6, 6.07) is 4.38. The molecule has 1 aliphatic heterocycles. The van der Waals surface area contributed by atoms with Crippen LogP contribution in [0.3, 0.4) is 0 Å². The Morgan fingerprint density at radius 3 is 2.54 bits per heavy atom. The zero-order valence-corrected chi connectivity index (χ0v) is 14.9. The molecule has 3 rings (SSSR count). The topological polar surface area (TPSA) is 115 Å². The summed E-state index contributed by atoms with van der Waals surface area (Å²) < 4.78 is 0. The second kappa shape index (κ2) is 8.01. The maximum atomic E-state index is 10.9. The molecule has 8 nitrogen and oxygen atoms in total. The summed E-state index contributed by atoms with van der Waals surface area (Å²) in [5, 5.41) is 22.8. The number of nitrogens with zero attached hydrogens (tertiary/aromatic N) is 4. The molecule has 1 aliphatic carbocycles. The Bertz CT molecular complexity index is 633. The predicted molar refractivity (Wildman–Crippen MR) is 99.3 cm³/mol. The van der Waals surface area contributed by atoms with Crippen molar-refractivity contribution >= 4 is 17.9 Å². The van der Waals surface area contributed by atoms with Gasteiger partial charge in [-0.25, -0.2) is 0 Å². The fraction of sp³-hybridized carbons (Fsp3) is 0.611. The van der Waals surface area contributed by atoms with Crippen molar-refractivity contribution in [3.63, 3.8) is 0 Å². The van der Waals surface area contributed by atoms with E-state index >= 15 is 0 Å². The maximum Gasteiger partial charge on any atom is 0.306 e. The molecule has 4 N–H and O–H groups in total. The highest BCUT2D eigenvalue weighted by atomic mass is 16.4. The van der Waals surface area contributed by atoms with E-state index in [2.05, 4.69) is 19.9 Å². The first-order valence-corrected chi connectivity index (χ1v) is 9.12. The molecule has 2 fully saturated rings. The largest absolute Gasteiger partial charge is 0.481 e. The van der Waals surface area contributed by atoms with Crippen molar-refractivity contribution in [1.29, 1.82) is 0 Å². The molecule has 1 saturated heterocycles. The number of aromatic nitrogens is 1. The third kappa shape index (κ3) is 4.50. The normalized spacial score (nSPS) is 27.7. The molecule has 1 aromatic heterocycles. The number of hydrogen-bond donors (Lipinski definition) is 3. The summed E-state index contributed by atoms with van der Waals surface area (Å²) in [6.45, 7) is 3.80. The maximum absolute atomic E-state index is 10.9.